The van der Waals surface area contributed by atoms with Crippen LogP contribution in [0.3, 0.4) is 0 Å². The summed E-state index contributed by atoms with van der Waals surface area (Å²) in [7, 11) is 0. The highest BCUT2D eigenvalue weighted by Crippen LogP contribution is 2.42. The summed E-state index contributed by atoms with van der Waals surface area (Å²) in [5.41, 5.74) is -0.695. The second-order valence-electron chi connectivity index (χ2n) is 6.84. The van der Waals surface area contributed by atoms with Gasteiger partial charge in [0.15, 0.2) is 5.60 Å². The Kier molecular flexibility index (Phi) is 3.13. The zero-order valence-electron chi connectivity index (χ0n) is 14.4. The second-order valence-corrected chi connectivity index (χ2v) is 6.84. The second kappa shape index (κ2) is 5.23. The molecule has 0 saturated heterocycles. The Bertz CT molecular complexity index is 1200. The number of carbonyl (C=O) groups excluding carboxylic acids is 1. The van der Waals surface area contributed by atoms with E-state index in [1.807, 2.05) is 24.3 Å². The predicted octanol–water partition coefficient (Wildman–Crippen LogP) is 2.55. The van der Waals surface area contributed by atoms with Gasteiger partial charge in [0, 0.05) is 16.5 Å². The molecule has 2 aliphatic heterocycles. The number of benzene rings is 1. The first-order valence-electron chi connectivity index (χ1n) is 8.68. The summed E-state index contributed by atoms with van der Waals surface area (Å²) < 4.78 is 21.2. The van der Waals surface area contributed by atoms with E-state index in [-0.39, 0.29) is 29.8 Å². The number of hydrogen-bond donors (Lipinski definition) is 1. The molecule has 2 atom stereocenters. The highest BCUT2D eigenvalue weighted by atomic mass is 19.1. The van der Waals surface area contributed by atoms with Gasteiger partial charge in [-0.05, 0) is 24.6 Å². The van der Waals surface area contributed by atoms with E-state index in [4.69, 9.17) is 4.74 Å². The Labute approximate surface area is 152 Å². The molecule has 6 nitrogen and oxygen atoms in total. The van der Waals surface area contributed by atoms with Crippen molar-refractivity contribution in [1.29, 1.82) is 0 Å². The molecule has 1 aromatic carbocycles. The van der Waals surface area contributed by atoms with Crippen LogP contribution in [0.5, 0.6) is 0 Å². The van der Waals surface area contributed by atoms with E-state index in [2.05, 4.69) is 4.98 Å². The van der Waals surface area contributed by atoms with Crippen molar-refractivity contribution in [3.63, 3.8) is 0 Å². The van der Waals surface area contributed by atoms with Crippen molar-refractivity contribution in [3.8, 4) is 11.4 Å². The van der Waals surface area contributed by atoms with E-state index in [0.29, 0.717) is 16.8 Å². The third kappa shape index (κ3) is 1.94. The largest absolute Gasteiger partial charge is 0.458 e. The standard InChI is InChI=1S/C20H15FN2O4/c1-2-20(26)13-8-15-16-11(7-10-5-3-4-6-14(10)22-16)17(21)23(15)18(24)12(13)9-27-19(20)25/h3-8,17,26H,2,9H2,1H3/t17-,20-/m0/s1. The average Bonchev–Trinajstić information content (AvgIpc) is 2.95. The molecule has 0 unspecified atom stereocenters. The van der Waals surface area contributed by atoms with Crippen LogP contribution in [0.25, 0.3) is 22.3 Å². The molecule has 0 amide bonds. The van der Waals surface area contributed by atoms with E-state index < -0.39 is 23.4 Å². The maximum Gasteiger partial charge on any atom is 0.343 e. The van der Waals surface area contributed by atoms with E-state index in [1.54, 1.807) is 13.0 Å². The summed E-state index contributed by atoms with van der Waals surface area (Å²) in [5, 5.41) is 11.6. The zero-order valence-corrected chi connectivity index (χ0v) is 14.4. The highest BCUT2D eigenvalue weighted by molar-refractivity contribution is 5.86. The van der Waals surface area contributed by atoms with Gasteiger partial charge in [0.25, 0.3) is 5.56 Å². The number of esters is 1. The van der Waals surface area contributed by atoms with Crippen molar-refractivity contribution < 1.29 is 19.0 Å². The Hall–Kier alpha value is -3.06. The van der Waals surface area contributed by atoms with Gasteiger partial charge in [-0.1, -0.05) is 25.1 Å². The minimum Gasteiger partial charge on any atom is -0.458 e. The lowest BCUT2D eigenvalue weighted by molar-refractivity contribution is -0.172. The molecule has 27 heavy (non-hydrogen) atoms. The molecule has 5 rings (SSSR count). The number of hydrogen-bond acceptors (Lipinski definition) is 5. The number of para-hydroxylation sites is 1. The Morgan fingerprint density at radius 2 is 2.11 bits per heavy atom. The van der Waals surface area contributed by atoms with Gasteiger partial charge in [-0.3, -0.25) is 9.36 Å². The molecule has 0 fully saturated rings. The summed E-state index contributed by atoms with van der Waals surface area (Å²) in [6.45, 7) is 1.34. The van der Waals surface area contributed by atoms with Gasteiger partial charge in [-0.15, -0.1) is 0 Å². The molecule has 2 aliphatic rings. The summed E-state index contributed by atoms with van der Waals surface area (Å²) in [6.07, 6.45) is -1.64. The van der Waals surface area contributed by atoms with Crippen LogP contribution >= 0.6 is 0 Å². The van der Waals surface area contributed by atoms with Gasteiger partial charge in [-0.25, -0.2) is 14.2 Å². The Morgan fingerprint density at radius 3 is 2.89 bits per heavy atom. The third-order valence-electron chi connectivity index (χ3n) is 5.46. The predicted molar refractivity (Wildman–Crippen MR) is 94.7 cm³/mol. The fraction of sp³-hybridized carbons (Fsp3) is 0.250. The number of ether oxygens (including phenoxy) is 1. The molecular formula is C20H15FN2O4. The van der Waals surface area contributed by atoms with Gasteiger partial charge in [-0.2, -0.15) is 0 Å². The third-order valence-corrected chi connectivity index (χ3v) is 5.46. The van der Waals surface area contributed by atoms with Crippen molar-refractivity contribution in [3.05, 3.63) is 63.4 Å². The number of nitrogens with zero attached hydrogens (tertiary/aromatic N) is 2. The SMILES string of the molecule is CC[C@@]1(O)C(=O)OCc2c1cc1n(c2=O)[C@H](F)c2cc3ccccc3nc2-1. The first kappa shape index (κ1) is 16.1. The molecular weight excluding hydrogens is 351 g/mol. The van der Waals surface area contributed by atoms with Crippen LogP contribution in [0.4, 0.5) is 4.39 Å². The average molecular weight is 366 g/mol. The van der Waals surface area contributed by atoms with Crippen molar-refractivity contribution >= 4 is 16.9 Å². The molecule has 3 aromatic rings. The number of halogens is 1. The number of carbonyl (C=O) groups is 1. The maximum atomic E-state index is 15.2. The Morgan fingerprint density at radius 1 is 1.33 bits per heavy atom. The van der Waals surface area contributed by atoms with Crippen LogP contribution in [0.15, 0.2) is 41.2 Å². The van der Waals surface area contributed by atoms with Gasteiger partial charge in [0.05, 0.1) is 22.5 Å². The van der Waals surface area contributed by atoms with Crippen molar-refractivity contribution in [2.24, 2.45) is 0 Å². The van der Waals surface area contributed by atoms with E-state index >= 15 is 4.39 Å². The number of pyridine rings is 2. The smallest absolute Gasteiger partial charge is 0.343 e. The molecule has 1 N–H and O–H groups in total. The molecule has 0 aliphatic carbocycles. The number of fused-ring (bicyclic) bond motifs is 5. The molecule has 0 radical (unpaired) electrons. The van der Waals surface area contributed by atoms with Gasteiger partial charge < -0.3 is 9.84 Å². The number of aromatic nitrogens is 2. The lowest BCUT2D eigenvalue weighted by atomic mass is 9.86. The molecule has 4 heterocycles. The fourth-order valence-electron chi connectivity index (χ4n) is 3.94. The lowest BCUT2D eigenvalue weighted by Gasteiger charge is -2.31. The molecule has 2 aromatic heterocycles. The summed E-state index contributed by atoms with van der Waals surface area (Å²) in [4.78, 5) is 29.6. The highest BCUT2D eigenvalue weighted by Gasteiger charge is 2.46. The summed E-state index contributed by atoms with van der Waals surface area (Å²) in [6, 6.07) is 10.5. The number of cyclic esters (lactones) is 1. The number of alkyl halides is 1. The van der Waals surface area contributed by atoms with Crippen molar-refractivity contribution in [2.75, 3.05) is 0 Å². The van der Waals surface area contributed by atoms with Gasteiger partial charge >= 0.3 is 5.97 Å². The zero-order chi connectivity index (χ0) is 18.9. The summed E-state index contributed by atoms with van der Waals surface area (Å²) in [5.74, 6) is -0.802. The monoisotopic (exact) mass is 366 g/mol. The topological polar surface area (TPSA) is 81.4 Å². The minimum atomic E-state index is -1.92. The minimum absolute atomic E-state index is 0.0405. The van der Waals surface area contributed by atoms with Crippen LogP contribution in [0, 0.1) is 0 Å². The van der Waals surface area contributed by atoms with Crippen LogP contribution in [-0.2, 0) is 21.7 Å². The van der Waals surface area contributed by atoms with E-state index in [0.717, 1.165) is 9.95 Å². The molecule has 7 heteroatoms. The van der Waals surface area contributed by atoms with Crippen LogP contribution in [0.2, 0.25) is 0 Å². The molecule has 0 saturated carbocycles. The van der Waals surface area contributed by atoms with E-state index in [9.17, 15) is 14.7 Å². The normalized spacial score (nSPS) is 22.9. The fourth-order valence-corrected chi connectivity index (χ4v) is 3.94. The first-order valence-corrected chi connectivity index (χ1v) is 8.68. The van der Waals surface area contributed by atoms with E-state index in [1.165, 1.54) is 6.07 Å². The number of rotatable bonds is 1. The van der Waals surface area contributed by atoms with Crippen LogP contribution in [0.1, 0.15) is 36.3 Å². The van der Waals surface area contributed by atoms with Crippen molar-refractivity contribution in [1.82, 2.24) is 9.55 Å². The van der Waals surface area contributed by atoms with Gasteiger partial charge in [0.1, 0.15) is 6.61 Å². The number of aliphatic hydroxyl groups is 1. The quantitative estimate of drug-likeness (QED) is 0.670. The summed E-state index contributed by atoms with van der Waals surface area (Å²) >= 11 is 0. The molecule has 0 spiro atoms. The van der Waals surface area contributed by atoms with Crippen LogP contribution < -0.4 is 5.56 Å². The molecule has 136 valence electrons. The first-order chi connectivity index (χ1) is 13.0. The van der Waals surface area contributed by atoms with Gasteiger partial charge in [0.2, 0.25) is 6.30 Å². The lowest BCUT2D eigenvalue weighted by Crippen LogP contribution is -2.44. The Balaban J connectivity index is 1.85. The molecule has 0 bridgehead atoms. The maximum absolute atomic E-state index is 15.2. The van der Waals surface area contributed by atoms with Crippen LogP contribution in [-0.4, -0.2) is 20.6 Å². The van der Waals surface area contributed by atoms with Crippen molar-refractivity contribution in [2.45, 2.75) is 31.8 Å².